The first kappa shape index (κ1) is 9.97. The van der Waals surface area contributed by atoms with Crippen LogP contribution in [0.15, 0.2) is 18.2 Å². The summed E-state index contributed by atoms with van der Waals surface area (Å²) in [6.07, 6.45) is 3.80. The van der Waals surface area contributed by atoms with Crippen molar-refractivity contribution in [3.8, 4) is 5.75 Å². The van der Waals surface area contributed by atoms with Gasteiger partial charge in [0, 0.05) is 18.6 Å². The lowest BCUT2D eigenvalue weighted by Crippen LogP contribution is -2.41. The van der Waals surface area contributed by atoms with E-state index in [1.165, 1.54) is 24.1 Å². The van der Waals surface area contributed by atoms with Crippen LogP contribution in [0.2, 0.25) is 0 Å². The highest BCUT2D eigenvalue weighted by Gasteiger charge is 2.27. The SMILES string of the molecule is COc1cccc2c1NCC(NC1CC1)C2. The van der Waals surface area contributed by atoms with Gasteiger partial charge in [0.15, 0.2) is 0 Å². The Balaban J connectivity index is 1.77. The topological polar surface area (TPSA) is 33.3 Å². The van der Waals surface area contributed by atoms with Gasteiger partial charge in [0.1, 0.15) is 5.75 Å². The first-order chi connectivity index (χ1) is 7.86. The smallest absolute Gasteiger partial charge is 0.142 e. The molecule has 3 nitrogen and oxygen atoms in total. The highest BCUT2D eigenvalue weighted by molar-refractivity contribution is 5.63. The largest absolute Gasteiger partial charge is 0.495 e. The van der Waals surface area contributed by atoms with E-state index < -0.39 is 0 Å². The van der Waals surface area contributed by atoms with Gasteiger partial charge in [0.25, 0.3) is 0 Å². The molecule has 3 rings (SSSR count). The highest BCUT2D eigenvalue weighted by atomic mass is 16.5. The van der Waals surface area contributed by atoms with Crippen molar-refractivity contribution in [2.45, 2.75) is 31.3 Å². The number of fused-ring (bicyclic) bond motifs is 1. The number of hydrogen-bond donors (Lipinski definition) is 2. The summed E-state index contributed by atoms with van der Waals surface area (Å²) in [4.78, 5) is 0. The van der Waals surface area contributed by atoms with E-state index in [1.54, 1.807) is 7.11 Å². The summed E-state index contributed by atoms with van der Waals surface area (Å²) in [5.74, 6) is 0.961. The Morgan fingerprint density at radius 1 is 1.31 bits per heavy atom. The molecule has 1 heterocycles. The fourth-order valence-corrected chi connectivity index (χ4v) is 2.38. The van der Waals surface area contributed by atoms with Crippen LogP contribution >= 0.6 is 0 Å². The molecule has 16 heavy (non-hydrogen) atoms. The van der Waals surface area contributed by atoms with Crippen molar-refractivity contribution in [1.29, 1.82) is 0 Å². The molecule has 1 saturated carbocycles. The lowest BCUT2D eigenvalue weighted by Gasteiger charge is -2.28. The standard InChI is InChI=1S/C13H18N2O/c1-16-12-4-2-3-9-7-11(8-14-13(9)12)15-10-5-6-10/h2-4,10-11,14-15H,5-8H2,1H3. The Hall–Kier alpha value is -1.22. The monoisotopic (exact) mass is 218 g/mol. The van der Waals surface area contributed by atoms with Crippen LogP contribution < -0.4 is 15.4 Å². The molecule has 1 atom stereocenters. The van der Waals surface area contributed by atoms with Crippen LogP contribution in [0.3, 0.4) is 0 Å². The van der Waals surface area contributed by atoms with Gasteiger partial charge in [0.05, 0.1) is 12.8 Å². The van der Waals surface area contributed by atoms with Crippen LogP contribution in [0.5, 0.6) is 5.75 Å². The summed E-state index contributed by atoms with van der Waals surface area (Å²) in [6.45, 7) is 1.00. The number of para-hydroxylation sites is 1. The van der Waals surface area contributed by atoms with Gasteiger partial charge in [-0.1, -0.05) is 12.1 Å². The normalized spacial score (nSPS) is 23.4. The van der Waals surface area contributed by atoms with Gasteiger partial charge in [-0.25, -0.2) is 0 Å². The summed E-state index contributed by atoms with van der Waals surface area (Å²) >= 11 is 0. The zero-order chi connectivity index (χ0) is 11.0. The van der Waals surface area contributed by atoms with Gasteiger partial charge in [-0.3, -0.25) is 0 Å². The van der Waals surface area contributed by atoms with E-state index in [0.29, 0.717) is 6.04 Å². The number of rotatable bonds is 3. The number of nitrogens with one attached hydrogen (secondary N) is 2. The van der Waals surface area contributed by atoms with Crippen molar-refractivity contribution in [2.75, 3.05) is 19.0 Å². The third-order valence-corrected chi connectivity index (χ3v) is 3.37. The first-order valence-corrected chi connectivity index (χ1v) is 6.02. The van der Waals surface area contributed by atoms with Crippen molar-refractivity contribution in [1.82, 2.24) is 5.32 Å². The maximum Gasteiger partial charge on any atom is 0.142 e. The van der Waals surface area contributed by atoms with Gasteiger partial charge >= 0.3 is 0 Å². The van der Waals surface area contributed by atoms with E-state index in [0.717, 1.165) is 24.8 Å². The fourth-order valence-electron chi connectivity index (χ4n) is 2.38. The summed E-state index contributed by atoms with van der Waals surface area (Å²) in [7, 11) is 1.73. The third kappa shape index (κ3) is 1.87. The van der Waals surface area contributed by atoms with Crippen LogP contribution in [0.1, 0.15) is 18.4 Å². The third-order valence-electron chi connectivity index (χ3n) is 3.37. The lowest BCUT2D eigenvalue weighted by atomic mass is 9.99. The van der Waals surface area contributed by atoms with Crippen molar-refractivity contribution >= 4 is 5.69 Å². The van der Waals surface area contributed by atoms with Crippen molar-refractivity contribution < 1.29 is 4.74 Å². The fraction of sp³-hybridized carbons (Fsp3) is 0.538. The first-order valence-electron chi connectivity index (χ1n) is 6.02. The summed E-state index contributed by atoms with van der Waals surface area (Å²) in [6, 6.07) is 7.62. The van der Waals surface area contributed by atoms with Crippen LogP contribution in [0.25, 0.3) is 0 Å². The van der Waals surface area contributed by atoms with Gasteiger partial charge in [-0.05, 0) is 30.9 Å². The molecular formula is C13H18N2O. The average Bonchev–Trinajstić information content (AvgIpc) is 3.12. The maximum absolute atomic E-state index is 5.36. The average molecular weight is 218 g/mol. The molecule has 86 valence electrons. The Morgan fingerprint density at radius 3 is 2.94 bits per heavy atom. The molecule has 1 aliphatic heterocycles. The Morgan fingerprint density at radius 2 is 2.19 bits per heavy atom. The summed E-state index contributed by atoms with van der Waals surface area (Å²) in [5.41, 5.74) is 2.54. The molecule has 1 aliphatic carbocycles. The minimum absolute atomic E-state index is 0.576. The second-order valence-corrected chi connectivity index (χ2v) is 4.72. The molecule has 0 saturated heterocycles. The number of benzene rings is 1. The zero-order valence-electron chi connectivity index (χ0n) is 9.62. The van der Waals surface area contributed by atoms with E-state index in [-0.39, 0.29) is 0 Å². The zero-order valence-corrected chi connectivity index (χ0v) is 9.62. The molecule has 1 aromatic carbocycles. The number of hydrogen-bond acceptors (Lipinski definition) is 3. The Labute approximate surface area is 96.2 Å². The van der Waals surface area contributed by atoms with Crippen molar-refractivity contribution in [2.24, 2.45) is 0 Å². The minimum Gasteiger partial charge on any atom is -0.495 e. The molecular weight excluding hydrogens is 200 g/mol. The lowest BCUT2D eigenvalue weighted by molar-refractivity contribution is 0.413. The predicted octanol–water partition coefficient (Wildman–Crippen LogP) is 1.78. The summed E-state index contributed by atoms with van der Waals surface area (Å²) in [5, 5.41) is 7.15. The van der Waals surface area contributed by atoms with Crippen LogP contribution in [-0.2, 0) is 6.42 Å². The molecule has 0 aromatic heterocycles. The maximum atomic E-state index is 5.36. The molecule has 0 spiro atoms. The van der Waals surface area contributed by atoms with Gasteiger partial charge in [-0.2, -0.15) is 0 Å². The van der Waals surface area contributed by atoms with Crippen molar-refractivity contribution in [3.63, 3.8) is 0 Å². The molecule has 2 N–H and O–H groups in total. The molecule has 0 bridgehead atoms. The van der Waals surface area contributed by atoms with Crippen LogP contribution in [0.4, 0.5) is 5.69 Å². The molecule has 2 aliphatic rings. The second kappa shape index (κ2) is 3.98. The van der Waals surface area contributed by atoms with Gasteiger partial charge in [-0.15, -0.1) is 0 Å². The molecule has 1 fully saturated rings. The van der Waals surface area contributed by atoms with Gasteiger partial charge in [0.2, 0.25) is 0 Å². The number of anilines is 1. The molecule has 1 aromatic rings. The molecule has 3 heteroatoms. The van der Waals surface area contributed by atoms with E-state index >= 15 is 0 Å². The minimum atomic E-state index is 0.576. The van der Waals surface area contributed by atoms with E-state index in [2.05, 4.69) is 22.8 Å². The van der Waals surface area contributed by atoms with Crippen molar-refractivity contribution in [3.05, 3.63) is 23.8 Å². The van der Waals surface area contributed by atoms with E-state index in [4.69, 9.17) is 4.74 Å². The number of methoxy groups -OCH3 is 1. The second-order valence-electron chi connectivity index (χ2n) is 4.72. The molecule has 0 radical (unpaired) electrons. The van der Waals surface area contributed by atoms with Gasteiger partial charge < -0.3 is 15.4 Å². The van der Waals surface area contributed by atoms with E-state index in [9.17, 15) is 0 Å². The van der Waals surface area contributed by atoms with Crippen LogP contribution in [0, 0.1) is 0 Å². The molecule has 0 amide bonds. The predicted molar refractivity (Wildman–Crippen MR) is 65.1 cm³/mol. The van der Waals surface area contributed by atoms with Crippen LogP contribution in [-0.4, -0.2) is 25.7 Å². The Kier molecular flexibility index (Phi) is 2.48. The van der Waals surface area contributed by atoms with E-state index in [1.807, 2.05) is 6.07 Å². The quantitative estimate of drug-likeness (QED) is 0.811. The number of ether oxygens (including phenoxy) is 1. The molecule has 1 unspecified atom stereocenters. The summed E-state index contributed by atoms with van der Waals surface area (Å²) < 4.78 is 5.36. The Bertz CT molecular complexity index is 388. The highest BCUT2D eigenvalue weighted by Crippen LogP contribution is 2.32.